The van der Waals surface area contributed by atoms with Gasteiger partial charge in [-0.05, 0) is 18.4 Å². The van der Waals surface area contributed by atoms with E-state index in [9.17, 15) is 14.7 Å². The zero-order chi connectivity index (χ0) is 15.6. The smallest absolute Gasteiger partial charge is 0.311 e. The summed E-state index contributed by atoms with van der Waals surface area (Å²) in [5.74, 6) is -0.681. The van der Waals surface area contributed by atoms with Crippen LogP contribution in [-0.2, 0) is 4.79 Å². The third-order valence-electron chi connectivity index (χ3n) is 4.35. The van der Waals surface area contributed by atoms with Crippen molar-refractivity contribution in [2.45, 2.75) is 20.3 Å². The zero-order valence-electron chi connectivity index (χ0n) is 12.5. The van der Waals surface area contributed by atoms with Crippen molar-refractivity contribution in [3.63, 3.8) is 0 Å². The molecular formula is C15H20N2O4. The van der Waals surface area contributed by atoms with E-state index < -0.39 is 11.4 Å². The molecule has 1 saturated heterocycles. The van der Waals surface area contributed by atoms with Crippen molar-refractivity contribution >= 4 is 11.9 Å². The molecule has 1 aliphatic heterocycles. The maximum Gasteiger partial charge on any atom is 0.311 e. The molecule has 1 aromatic rings. The Morgan fingerprint density at radius 2 is 2.19 bits per heavy atom. The standard InChI is InChI=1S/C15H20N2O4/c1-10(2)15(14(19)20)5-7-17(9-15)13(18)11-4-6-16-8-12(11)21-3/h4,6,8,10H,5,7,9H2,1-3H3,(H,19,20). The fraction of sp³-hybridized carbons (Fsp3) is 0.533. The largest absolute Gasteiger partial charge is 0.494 e. The third kappa shape index (κ3) is 2.57. The van der Waals surface area contributed by atoms with Crippen molar-refractivity contribution in [1.82, 2.24) is 9.88 Å². The summed E-state index contributed by atoms with van der Waals surface area (Å²) >= 11 is 0. The Kier molecular flexibility index (Phi) is 4.16. The topological polar surface area (TPSA) is 79.7 Å². The average Bonchev–Trinajstić information content (AvgIpc) is 2.93. The number of rotatable bonds is 4. The highest BCUT2D eigenvalue weighted by Crippen LogP contribution is 2.39. The van der Waals surface area contributed by atoms with Crippen LogP contribution < -0.4 is 4.74 Å². The number of ether oxygens (including phenoxy) is 1. The fourth-order valence-electron chi connectivity index (χ4n) is 2.79. The Hall–Kier alpha value is -2.11. The first kappa shape index (κ1) is 15.3. The number of pyridine rings is 1. The molecule has 1 aliphatic rings. The van der Waals surface area contributed by atoms with E-state index in [1.54, 1.807) is 11.0 Å². The summed E-state index contributed by atoms with van der Waals surface area (Å²) in [5, 5.41) is 9.53. The van der Waals surface area contributed by atoms with Gasteiger partial charge in [0.15, 0.2) is 0 Å². The van der Waals surface area contributed by atoms with Gasteiger partial charge >= 0.3 is 5.97 Å². The molecule has 1 N–H and O–H groups in total. The lowest BCUT2D eigenvalue weighted by atomic mass is 9.76. The Labute approximate surface area is 123 Å². The molecular weight excluding hydrogens is 272 g/mol. The molecule has 1 unspecified atom stereocenters. The summed E-state index contributed by atoms with van der Waals surface area (Å²) < 4.78 is 5.15. The molecule has 1 aromatic heterocycles. The van der Waals surface area contributed by atoms with Gasteiger partial charge in [-0.3, -0.25) is 14.6 Å². The molecule has 0 aliphatic carbocycles. The lowest BCUT2D eigenvalue weighted by Crippen LogP contribution is -2.40. The van der Waals surface area contributed by atoms with E-state index in [1.165, 1.54) is 19.5 Å². The molecule has 0 radical (unpaired) electrons. The predicted molar refractivity (Wildman–Crippen MR) is 76.2 cm³/mol. The lowest BCUT2D eigenvalue weighted by Gasteiger charge is -2.28. The highest BCUT2D eigenvalue weighted by atomic mass is 16.5. The summed E-state index contributed by atoms with van der Waals surface area (Å²) in [6.45, 7) is 4.43. The summed E-state index contributed by atoms with van der Waals surface area (Å²) in [5.41, 5.74) is -0.451. The number of aliphatic carboxylic acids is 1. The first-order valence-electron chi connectivity index (χ1n) is 6.93. The maximum absolute atomic E-state index is 12.6. The van der Waals surface area contributed by atoms with Gasteiger partial charge in [-0.15, -0.1) is 0 Å². The summed E-state index contributed by atoms with van der Waals surface area (Å²) in [7, 11) is 1.48. The van der Waals surface area contributed by atoms with Crippen LogP contribution in [0.2, 0.25) is 0 Å². The number of aromatic nitrogens is 1. The maximum atomic E-state index is 12.6. The Bertz CT molecular complexity index is 558. The van der Waals surface area contributed by atoms with E-state index in [-0.39, 0.29) is 18.4 Å². The normalized spacial score (nSPS) is 21.6. The minimum atomic E-state index is -0.865. The number of carboxylic acid groups (broad SMARTS) is 1. The number of carbonyl (C=O) groups excluding carboxylic acids is 1. The molecule has 1 amide bonds. The summed E-state index contributed by atoms with van der Waals surface area (Å²) in [6, 6.07) is 1.59. The van der Waals surface area contributed by atoms with Crippen molar-refractivity contribution in [1.29, 1.82) is 0 Å². The second-order valence-electron chi connectivity index (χ2n) is 5.67. The van der Waals surface area contributed by atoms with E-state index >= 15 is 0 Å². The Morgan fingerprint density at radius 3 is 2.71 bits per heavy atom. The number of hydrogen-bond donors (Lipinski definition) is 1. The van der Waals surface area contributed by atoms with E-state index in [4.69, 9.17) is 4.74 Å². The zero-order valence-corrected chi connectivity index (χ0v) is 12.5. The minimum Gasteiger partial charge on any atom is -0.494 e. The van der Waals surface area contributed by atoms with Crippen LogP contribution in [0.5, 0.6) is 5.75 Å². The SMILES string of the molecule is COc1cnccc1C(=O)N1CCC(C(=O)O)(C(C)C)C1. The molecule has 21 heavy (non-hydrogen) atoms. The molecule has 0 saturated carbocycles. The average molecular weight is 292 g/mol. The van der Waals surface area contributed by atoms with Gasteiger partial charge in [0.1, 0.15) is 5.75 Å². The van der Waals surface area contributed by atoms with E-state index in [1.807, 2.05) is 13.8 Å². The number of likely N-dealkylation sites (tertiary alicyclic amines) is 1. The highest BCUT2D eigenvalue weighted by Gasteiger charge is 2.48. The van der Waals surface area contributed by atoms with Crippen molar-refractivity contribution in [2.24, 2.45) is 11.3 Å². The molecule has 0 aromatic carbocycles. The molecule has 1 fully saturated rings. The third-order valence-corrected chi connectivity index (χ3v) is 4.35. The van der Waals surface area contributed by atoms with Crippen LogP contribution in [0.4, 0.5) is 0 Å². The molecule has 1 atom stereocenters. The van der Waals surface area contributed by atoms with Crippen molar-refractivity contribution in [2.75, 3.05) is 20.2 Å². The van der Waals surface area contributed by atoms with Crippen molar-refractivity contribution in [3.8, 4) is 5.75 Å². The number of hydrogen-bond acceptors (Lipinski definition) is 4. The first-order valence-corrected chi connectivity index (χ1v) is 6.93. The van der Waals surface area contributed by atoms with Gasteiger partial charge in [-0.1, -0.05) is 13.8 Å². The van der Waals surface area contributed by atoms with Gasteiger partial charge in [-0.25, -0.2) is 0 Å². The second kappa shape index (κ2) is 5.71. The van der Waals surface area contributed by atoms with Crippen LogP contribution in [0.15, 0.2) is 18.5 Å². The lowest BCUT2D eigenvalue weighted by molar-refractivity contribution is -0.150. The van der Waals surface area contributed by atoms with Crippen LogP contribution in [0.3, 0.4) is 0 Å². The first-order chi connectivity index (χ1) is 9.92. The van der Waals surface area contributed by atoms with Crippen LogP contribution in [0.25, 0.3) is 0 Å². The number of methoxy groups -OCH3 is 1. The second-order valence-corrected chi connectivity index (χ2v) is 5.67. The molecule has 0 spiro atoms. The molecule has 2 heterocycles. The van der Waals surface area contributed by atoms with Gasteiger partial charge in [0.25, 0.3) is 5.91 Å². The van der Waals surface area contributed by atoms with Gasteiger partial charge in [0.05, 0.1) is 24.3 Å². The number of carbonyl (C=O) groups is 2. The minimum absolute atomic E-state index is 0.0351. The van der Waals surface area contributed by atoms with Crippen molar-refractivity contribution < 1.29 is 19.4 Å². The van der Waals surface area contributed by atoms with Crippen LogP contribution in [0, 0.1) is 11.3 Å². The molecule has 6 nitrogen and oxygen atoms in total. The quantitative estimate of drug-likeness (QED) is 0.913. The van der Waals surface area contributed by atoms with Gasteiger partial charge in [-0.2, -0.15) is 0 Å². The fourth-order valence-corrected chi connectivity index (χ4v) is 2.79. The predicted octanol–water partition coefficient (Wildman–Crippen LogP) is 1.66. The van der Waals surface area contributed by atoms with Gasteiger partial charge in [0.2, 0.25) is 0 Å². The molecule has 2 rings (SSSR count). The Balaban J connectivity index is 2.25. The summed E-state index contributed by atoms with van der Waals surface area (Å²) in [6.07, 6.45) is 3.48. The molecule has 114 valence electrons. The van der Waals surface area contributed by atoms with E-state index in [0.717, 1.165) is 0 Å². The number of amides is 1. The monoisotopic (exact) mass is 292 g/mol. The molecule has 6 heteroatoms. The Morgan fingerprint density at radius 1 is 1.48 bits per heavy atom. The van der Waals surface area contributed by atoms with E-state index in [0.29, 0.717) is 24.3 Å². The van der Waals surface area contributed by atoms with Gasteiger partial charge < -0.3 is 14.7 Å². The number of carboxylic acids is 1. The molecule has 0 bridgehead atoms. The van der Waals surface area contributed by atoms with Crippen LogP contribution in [0.1, 0.15) is 30.6 Å². The van der Waals surface area contributed by atoms with E-state index in [2.05, 4.69) is 4.98 Å². The van der Waals surface area contributed by atoms with Crippen molar-refractivity contribution in [3.05, 3.63) is 24.0 Å². The number of nitrogens with zero attached hydrogens (tertiary/aromatic N) is 2. The summed E-state index contributed by atoms with van der Waals surface area (Å²) in [4.78, 5) is 29.7. The van der Waals surface area contributed by atoms with Crippen LogP contribution >= 0.6 is 0 Å². The van der Waals surface area contributed by atoms with Crippen LogP contribution in [-0.4, -0.2) is 47.1 Å². The highest BCUT2D eigenvalue weighted by molar-refractivity contribution is 5.97. The van der Waals surface area contributed by atoms with Gasteiger partial charge in [0, 0.05) is 19.3 Å².